The van der Waals surface area contributed by atoms with Crippen LogP contribution in [-0.4, -0.2) is 49.8 Å². The number of benzene rings is 1. The van der Waals surface area contributed by atoms with E-state index in [1.807, 2.05) is 29.2 Å². The molecule has 4 rings (SSSR count). The first-order valence-electron chi connectivity index (χ1n) is 9.04. The monoisotopic (exact) mass is 350 g/mol. The number of hydrogen-bond acceptors (Lipinski definition) is 4. The van der Waals surface area contributed by atoms with Crippen molar-refractivity contribution in [2.45, 2.75) is 37.8 Å². The van der Waals surface area contributed by atoms with Crippen molar-refractivity contribution in [1.29, 1.82) is 0 Å². The van der Waals surface area contributed by atoms with Crippen molar-refractivity contribution < 1.29 is 9.90 Å². The summed E-state index contributed by atoms with van der Waals surface area (Å²) in [6.45, 7) is 0.665. The van der Waals surface area contributed by atoms with Gasteiger partial charge in [0.15, 0.2) is 5.65 Å². The quantitative estimate of drug-likeness (QED) is 0.758. The molecule has 0 spiro atoms. The standard InChI is InChI=1S/C20H22N4O2/c25-18-7-4-10-24(17(18)9-8-14-5-2-1-3-6-14)20(26)16-11-15-13-22-23-19(15)21-12-16/h1-3,5-6,11-13,17-18,25H,4,7-10H2,(H,21,22,23). The van der Waals surface area contributed by atoms with Crippen LogP contribution in [0.5, 0.6) is 0 Å². The van der Waals surface area contributed by atoms with E-state index in [1.54, 1.807) is 12.4 Å². The second kappa shape index (κ2) is 7.25. The average Bonchev–Trinajstić information content (AvgIpc) is 3.15. The fraction of sp³-hybridized carbons (Fsp3) is 0.350. The second-order valence-corrected chi connectivity index (χ2v) is 6.83. The number of nitrogens with zero attached hydrogens (tertiary/aromatic N) is 3. The van der Waals surface area contributed by atoms with E-state index in [1.165, 1.54) is 5.56 Å². The largest absolute Gasteiger partial charge is 0.391 e. The number of aromatic amines is 1. The molecule has 0 bridgehead atoms. The van der Waals surface area contributed by atoms with Crippen molar-refractivity contribution in [3.63, 3.8) is 0 Å². The van der Waals surface area contributed by atoms with Crippen LogP contribution in [0.1, 0.15) is 35.2 Å². The zero-order chi connectivity index (χ0) is 17.9. The van der Waals surface area contributed by atoms with Crippen molar-refractivity contribution in [2.75, 3.05) is 6.54 Å². The van der Waals surface area contributed by atoms with Crippen LogP contribution < -0.4 is 0 Å². The molecule has 1 aromatic carbocycles. The molecule has 1 aliphatic rings. The maximum atomic E-state index is 13.1. The number of H-pyrrole nitrogens is 1. The topological polar surface area (TPSA) is 82.1 Å². The van der Waals surface area contributed by atoms with E-state index < -0.39 is 6.10 Å². The lowest BCUT2D eigenvalue weighted by Crippen LogP contribution is -2.51. The van der Waals surface area contributed by atoms with E-state index in [2.05, 4.69) is 27.3 Å². The van der Waals surface area contributed by atoms with Crippen LogP contribution in [0.4, 0.5) is 0 Å². The molecule has 2 unspecified atom stereocenters. The smallest absolute Gasteiger partial charge is 0.255 e. The van der Waals surface area contributed by atoms with Gasteiger partial charge in [0.1, 0.15) is 0 Å². The third-order valence-corrected chi connectivity index (χ3v) is 5.11. The maximum Gasteiger partial charge on any atom is 0.255 e. The predicted molar refractivity (Wildman–Crippen MR) is 98.7 cm³/mol. The summed E-state index contributed by atoms with van der Waals surface area (Å²) >= 11 is 0. The number of fused-ring (bicyclic) bond motifs is 1. The summed E-state index contributed by atoms with van der Waals surface area (Å²) in [5.41, 5.74) is 2.43. The van der Waals surface area contributed by atoms with Gasteiger partial charge in [0.25, 0.3) is 5.91 Å². The van der Waals surface area contributed by atoms with Crippen LogP contribution in [0.15, 0.2) is 48.8 Å². The van der Waals surface area contributed by atoms with Crippen LogP contribution in [0.25, 0.3) is 11.0 Å². The summed E-state index contributed by atoms with van der Waals surface area (Å²) in [6, 6.07) is 11.8. The molecule has 2 aromatic heterocycles. The van der Waals surface area contributed by atoms with Crippen molar-refractivity contribution in [3.8, 4) is 0 Å². The second-order valence-electron chi connectivity index (χ2n) is 6.83. The predicted octanol–water partition coefficient (Wildman–Crippen LogP) is 2.56. The Morgan fingerprint density at radius 2 is 2.12 bits per heavy atom. The van der Waals surface area contributed by atoms with Gasteiger partial charge in [0, 0.05) is 18.1 Å². The lowest BCUT2D eigenvalue weighted by atomic mass is 9.92. The molecule has 2 N–H and O–H groups in total. The molecule has 6 heteroatoms. The summed E-state index contributed by atoms with van der Waals surface area (Å²) in [5, 5.41) is 18.1. The Labute approximate surface area is 151 Å². The summed E-state index contributed by atoms with van der Waals surface area (Å²) in [7, 11) is 0. The number of pyridine rings is 1. The number of aromatic nitrogens is 3. The number of piperidine rings is 1. The van der Waals surface area contributed by atoms with Gasteiger partial charge in [0.05, 0.1) is 23.9 Å². The van der Waals surface area contributed by atoms with Gasteiger partial charge in [-0.3, -0.25) is 9.89 Å². The van der Waals surface area contributed by atoms with E-state index in [0.717, 1.165) is 31.1 Å². The molecule has 6 nitrogen and oxygen atoms in total. The minimum absolute atomic E-state index is 0.0718. The molecule has 2 atom stereocenters. The highest BCUT2D eigenvalue weighted by Crippen LogP contribution is 2.24. The van der Waals surface area contributed by atoms with Gasteiger partial charge in [-0.05, 0) is 37.3 Å². The highest BCUT2D eigenvalue weighted by atomic mass is 16.3. The molecule has 0 saturated carbocycles. The normalized spacial score (nSPS) is 20.4. The van der Waals surface area contributed by atoms with E-state index in [4.69, 9.17) is 0 Å². The molecule has 134 valence electrons. The number of amides is 1. The average molecular weight is 350 g/mol. The Balaban J connectivity index is 1.54. The van der Waals surface area contributed by atoms with Gasteiger partial charge in [0.2, 0.25) is 0 Å². The molecule has 1 amide bonds. The van der Waals surface area contributed by atoms with E-state index in [0.29, 0.717) is 17.8 Å². The first-order valence-corrected chi connectivity index (χ1v) is 9.04. The van der Waals surface area contributed by atoms with Gasteiger partial charge in [-0.2, -0.15) is 5.10 Å². The fourth-order valence-corrected chi connectivity index (χ4v) is 3.72. The van der Waals surface area contributed by atoms with Gasteiger partial charge in [-0.1, -0.05) is 30.3 Å². The molecule has 1 fully saturated rings. The number of carbonyl (C=O) groups is 1. The van der Waals surface area contributed by atoms with Crippen molar-refractivity contribution >= 4 is 16.9 Å². The van der Waals surface area contributed by atoms with E-state index >= 15 is 0 Å². The van der Waals surface area contributed by atoms with Gasteiger partial charge < -0.3 is 10.0 Å². The number of aliphatic hydroxyl groups is 1. The van der Waals surface area contributed by atoms with E-state index in [-0.39, 0.29) is 11.9 Å². The Morgan fingerprint density at radius 1 is 1.27 bits per heavy atom. The van der Waals surface area contributed by atoms with Gasteiger partial charge >= 0.3 is 0 Å². The van der Waals surface area contributed by atoms with Crippen LogP contribution in [-0.2, 0) is 6.42 Å². The highest BCUT2D eigenvalue weighted by molar-refractivity contribution is 5.97. The molecule has 0 aliphatic carbocycles. The zero-order valence-electron chi connectivity index (χ0n) is 14.5. The number of nitrogens with one attached hydrogen (secondary N) is 1. The molecule has 3 heterocycles. The Hall–Kier alpha value is -2.73. The molecule has 26 heavy (non-hydrogen) atoms. The molecular weight excluding hydrogens is 328 g/mol. The first kappa shape index (κ1) is 16.7. The Bertz CT molecular complexity index is 893. The maximum absolute atomic E-state index is 13.1. The summed E-state index contributed by atoms with van der Waals surface area (Å²) in [5.74, 6) is -0.0718. The van der Waals surface area contributed by atoms with Crippen molar-refractivity contribution in [1.82, 2.24) is 20.1 Å². The minimum atomic E-state index is -0.484. The summed E-state index contributed by atoms with van der Waals surface area (Å²) < 4.78 is 0. The molecule has 3 aromatic rings. The molecular formula is C20H22N4O2. The van der Waals surface area contributed by atoms with Crippen molar-refractivity contribution in [2.24, 2.45) is 0 Å². The van der Waals surface area contributed by atoms with Crippen LogP contribution in [0.3, 0.4) is 0 Å². The van der Waals surface area contributed by atoms with E-state index in [9.17, 15) is 9.90 Å². The van der Waals surface area contributed by atoms with Gasteiger partial charge in [-0.15, -0.1) is 0 Å². The Kier molecular flexibility index (Phi) is 4.67. The lowest BCUT2D eigenvalue weighted by Gasteiger charge is -2.39. The Morgan fingerprint density at radius 3 is 2.96 bits per heavy atom. The van der Waals surface area contributed by atoms with Crippen LogP contribution >= 0.6 is 0 Å². The SMILES string of the molecule is O=C(c1cnc2[nH]ncc2c1)N1CCCC(O)C1CCc1ccccc1. The number of aliphatic hydroxyl groups excluding tert-OH is 1. The number of carbonyl (C=O) groups excluding carboxylic acids is 1. The minimum Gasteiger partial charge on any atom is -0.391 e. The van der Waals surface area contributed by atoms with Crippen molar-refractivity contribution in [3.05, 3.63) is 59.9 Å². The van der Waals surface area contributed by atoms with Crippen LogP contribution in [0.2, 0.25) is 0 Å². The number of rotatable bonds is 4. The third-order valence-electron chi connectivity index (χ3n) is 5.11. The first-order chi connectivity index (χ1) is 12.7. The fourth-order valence-electron chi connectivity index (χ4n) is 3.72. The highest BCUT2D eigenvalue weighted by Gasteiger charge is 2.33. The third kappa shape index (κ3) is 3.32. The zero-order valence-corrected chi connectivity index (χ0v) is 14.5. The number of aryl methyl sites for hydroxylation is 1. The van der Waals surface area contributed by atoms with Gasteiger partial charge in [-0.25, -0.2) is 4.98 Å². The molecule has 1 aliphatic heterocycles. The summed E-state index contributed by atoms with van der Waals surface area (Å²) in [4.78, 5) is 19.2. The lowest BCUT2D eigenvalue weighted by molar-refractivity contribution is 0.00890. The molecule has 1 saturated heterocycles. The van der Waals surface area contributed by atoms with Crippen LogP contribution in [0, 0.1) is 0 Å². The number of hydrogen-bond donors (Lipinski definition) is 2. The summed E-state index contributed by atoms with van der Waals surface area (Å²) in [6.07, 6.45) is 5.90. The number of likely N-dealkylation sites (tertiary alicyclic amines) is 1. The molecule has 0 radical (unpaired) electrons.